The van der Waals surface area contributed by atoms with Crippen LogP contribution in [-0.4, -0.2) is 74.8 Å². The van der Waals surface area contributed by atoms with Gasteiger partial charge in [-0.3, -0.25) is 9.89 Å². The molecular weight excluding hydrogens is 312 g/mol. The Balaban J connectivity index is 1.26. The number of guanidine groups is 1. The summed E-state index contributed by atoms with van der Waals surface area (Å²) in [6.45, 7) is 7.41. The lowest BCUT2D eigenvalue weighted by molar-refractivity contribution is 0.0315. The molecule has 1 saturated carbocycles. The minimum Gasteiger partial charge on any atom is -0.379 e. The van der Waals surface area contributed by atoms with Crippen molar-refractivity contribution in [3.8, 4) is 0 Å². The number of hydrogen-bond acceptors (Lipinski definition) is 3. The minimum absolute atomic E-state index is 0.541. The number of nitrogens with zero attached hydrogens (tertiary/aromatic N) is 3. The lowest BCUT2D eigenvalue weighted by Gasteiger charge is -2.29. The van der Waals surface area contributed by atoms with Crippen molar-refractivity contribution in [1.29, 1.82) is 0 Å². The molecule has 0 amide bonds. The highest BCUT2D eigenvalue weighted by atomic mass is 16.5. The molecule has 1 aromatic carbocycles. The van der Waals surface area contributed by atoms with E-state index in [2.05, 4.69) is 50.4 Å². The third kappa shape index (κ3) is 4.15. The number of ether oxygens (including phenoxy) is 1. The van der Waals surface area contributed by atoms with Crippen LogP contribution in [0.3, 0.4) is 0 Å². The molecule has 3 unspecified atom stereocenters. The van der Waals surface area contributed by atoms with E-state index in [0.717, 1.165) is 51.3 Å². The number of morpholine rings is 1. The second kappa shape index (κ2) is 7.75. The van der Waals surface area contributed by atoms with Gasteiger partial charge < -0.3 is 15.0 Å². The Morgan fingerprint density at radius 1 is 1.20 bits per heavy atom. The van der Waals surface area contributed by atoms with Crippen molar-refractivity contribution in [3.05, 3.63) is 35.9 Å². The Morgan fingerprint density at radius 3 is 2.76 bits per heavy atom. The van der Waals surface area contributed by atoms with E-state index in [4.69, 9.17) is 4.74 Å². The molecule has 4 rings (SSSR count). The molecule has 1 aliphatic carbocycles. The molecule has 2 aliphatic heterocycles. The average Bonchev–Trinajstić information content (AvgIpc) is 3.30. The predicted molar refractivity (Wildman–Crippen MR) is 101 cm³/mol. The van der Waals surface area contributed by atoms with Crippen molar-refractivity contribution < 1.29 is 4.74 Å². The van der Waals surface area contributed by atoms with E-state index in [0.29, 0.717) is 12.0 Å². The molecule has 5 heteroatoms. The van der Waals surface area contributed by atoms with Crippen LogP contribution in [0, 0.1) is 5.92 Å². The summed E-state index contributed by atoms with van der Waals surface area (Å²) < 4.78 is 5.46. The van der Waals surface area contributed by atoms with Crippen LogP contribution >= 0.6 is 0 Å². The van der Waals surface area contributed by atoms with Gasteiger partial charge in [0.15, 0.2) is 5.96 Å². The Morgan fingerprint density at radius 2 is 2.00 bits per heavy atom. The summed E-state index contributed by atoms with van der Waals surface area (Å²) in [6, 6.07) is 11.4. The molecule has 0 aromatic heterocycles. The smallest absolute Gasteiger partial charge is 0.193 e. The van der Waals surface area contributed by atoms with Gasteiger partial charge in [0.25, 0.3) is 0 Å². The highest BCUT2D eigenvalue weighted by molar-refractivity contribution is 5.81. The van der Waals surface area contributed by atoms with Gasteiger partial charge in [-0.1, -0.05) is 30.3 Å². The first-order valence-corrected chi connectivity index (χ1v) is 9.67. The maximum atomic E-state index is 5.46. The SMILES string of the molecule is CN=C(NC1CC1c1ccccc1)N1CCC(CN2CCOCC2)C1. The fraction of sp³-hybridized carbons (Fsp3) is 0.650. The quantitative estimate of drug-likeness (QED) is 0.669. The Labute approximate surface area is 151 Å². The van der Waals surface area contributed by atoms with Crippen LogP contribution in [0.5, 0.6) is 0 Å². The molecule has 0 spiro atoms. The lowest BCUT2D eigenvalue weighted by atomic mass is 10.1. The van der Waals surface area contributed by atoms with Crippen molar-refractivity contribution >= 4 is 5.96 Å². The summed E-state index contributed by atoms with van der Waals surface area (Å²) in [5.74, 6) is 2.48. The maximum Gasteiger partial charge on any atom is 0.193 e. The summed E-state index contributed by atoms with van der Waals surface area (Å²) in [5, 5.41) is 3.70. The highest BCUT2D eigenvalue weighted by Gasteiger charge is 2.40. The van der Waals surface area contributed by atoms with E-state index < -0.39 is 0 Å². The Bertz CT molecular complexity index is 585. The van der Waals surface area contributed by atoms with Crippen molar-refractivity contribution in [1.82, 2.24) is 15.1 Å². The third-order valence-electron chi connectivity index (χ3n) is 5.75. The fourth-order valence-electron chi connectivity index (χ4n) is 4.21. The minimum atomic E-state index is 0.541. The molecule has 2 saturated heterocycles. The van der Waals surface area contributed by atoms with Gasteiger partial charge in [-0.25, -0.2) is 0 Å². The first-order chi connectivity index (χ1) is 12.3. The van der Waals surface area contributed by atoms with Crippen molar-refractivity contribution in [2.75, 3.05) is 53.0 Å². The summed E-state index contributed by atoms with van der Waals surface area (Å²) >= 11 is 0. The molecular formula is C20H30N4O. The van der Waals surface area contributed by atoms with E-state index in [1.807, 2.05) is 7.05 Å². The van der Waals surface area contributed by atoms with Gasteiger partial charge in [-0.2, -0.15) is 0 Å². The predicted octanol–water partition coefficient (Wildman–Crippen LogP) is 1.77. The highest BCUT2D eigenvalue weighted by Crippen LogP contribution is 2.40. The molecule has 3 atom stereocenters. The summed E-state index contributed by atoms with van der Waals surface area (Å²) in [7, 11) is 1.91. The summed E-state index contributed by atoms with van der Waals surface area (Å²) in [5.41, 5.74) is 1.45. The molecule has 0 radical (unpaired) electrons. The number of hydrogen-bond donors (Lipinski definition) is 1. The van der Waals surface area contributed by atoms with E-state index in [9.17, 15) is 0 Å². The number of likely N-dealkylation sites (tertiary alicyclic amines) is 1. The number of nitrogens with one attached hydrogen (secondary N) is 1. The first kappa shape index (κ1) is 16.9. The van der Waals surface area contributed by atoms with Crippen LogP contribution in [0.2, 0.25) is 0 Å². The first-order valence-electron chi connectivity index (χ1n) is 9.67. The molecule has 1 aromatic rings. The number of rotatable bonds is 4. The van der Waals surface area contributed by atoms with Gasteiger partial charge >= 0.3 is 0 Å². The zero-order valence-electron chi connectivity index (χ0n) is 15.2. The molecule has 3 aliphatic rings. The molecule has 2 heterocycles. The molecule has 3 fully saturated rings. The van der Waals surface area contributed by atoms with Gasteiger partial charge in [0.2, 0.25) is 0 Å². The van der Waals surface area contributed by atoms with Gasteiger partial charge in [-0.05, 0) is 24.3 Å². The second-order valence-corrected chi connectivity index (χ2v) is 7.56. The van der Waals surface area contributed by atoms with Crippen LogP contribution in [0.1, 0.15) is 24.3 Å². The van der Waals surface area contributed by atoms with E-state index in [-0.39, 0.29) is 0 Å². The average molecular weight is 342 g/mol. The monoisotopic (exact) mass is 342 g/mol. The van der Waals surface area contributed by atoms with Gasteiger partial charge in [0.05, 0.1) is 13.2 Å². The zero-order chi connectivity index (χ0) is 17.1. The Hall–Kier alpha value is -1.59. The molecule has 0 bridgehead atoms. The van der Waals surface area contributed by atoms with Crippen LogP contribution in [0.15, 0.2) is 35.3 Å². The van der Waals surface area contributed by atoms with E-state index >= 15 is 0 Å². The molecule has 1 N–H and O–H groups in total. The van der Waals surface area contributed by atoms with Crippen molar-refractivity contribution in [2.45, 2.75) is 24.8 Å². The lowest BCUT2D eigenvalue weighted by Crippen LogP contribution is -2.43. The van der Waals surface area contributed by atoms with Gasteiger partial charge in [0.1, 0.15) is 0 Å². The maximum absolute atomic E-state index is 5.46. The van der Waals surface area contributed by atoms with Crippen LogP contribution < -0.4 is 5.32 Å². The molecule has 136 valence electrons. The van der Waals surface area contributed by atoms with E-state index in [1.165, 1.54) is 24.9 Å². The van der Waals surface area contributed by atoms with Crippen LogP contribution in [0.25, 0.3) is 0 Å². The standard InChI is InChI=1S/C20H30N4O/c1-21-20(22-19-13-18(19)17-5-3-2-4-6-17)24-8-7-16(15-24)14-23-9-11-25-12-10-23/h2-6,16,18-19H,7-15H2,1H3,(H,21,22). The Kier molecular flexibility index (Phi) is 5.22. The number of aliphatic imine (C=N–C) groups is 1. The molecule has 5 nitrogen and oxygen atoms in total. The largest absolute Gasteiger partial charge is 0.379 e. The van der Waals surface area contributed by atoms with Crippen LogP contribution in [0.4, 0.5) is 0 Å². The number of benzene rings is 1. The van der Waals surface area contributed by atoms with Gasteiger partial charge in [0, 0.05) is 51.7 Å². The molecule has 25 heavy (non-hydrogen) atoms. The fourth-order valence-corrected chi connectivity index (χ4v) is 4.21. The van der Waals surface area contributed by atoms with Crippen molar-refractivity contribution in [2.24, 2.45) is 10.9 Å². The zero-order valence-corrected chi connectivity index (χ0v) is 15.2. The normalized spacial score (nSPS) is 30.5. The van der Waals surface area contributed by atoms with E-state index in [1.54, 1.807) is 0 Å². The van der Waals surface area contributed by atoms with Crippen LogP contribution in [-0.2, 0) is 4.74 Å². The van der Waals surface area contributed by atoms with Crippen molar-refractivity contribution in [3.63, 3.8) is 0 Å². The summed E-state index contributed by atoms with van der Waals surface area (Å²) in [6.07, 6.45) is 2.49. The second-order valence-electron chi connectivity index (χ2n) is 7.56. The summed E-state index contributed by atoms with van der Waals surface area (Å²) in [4.78, 5) is 9.56. The topological polar surface area (TPSA) is 40.1 Å². The van der Waals surface area contributed by atoms with Gasteiger partial charge in [-0.15, -0.1) is 0 Å². The third-order valence-corrected chi connectivity index (χ3v) is 5.75.